The fraction of sp³-hybridized carbons (Fsp3) is 0.176. The summed E-state index contributed by atoms with van der Waals surface area (Å²) in [4.78, 5) is 11.8. The molecule has 25 heavy (non-hydrogen) atoms. The first kappa shape index (κ1) is 18.9. The molecule has 2 rings (SSSR count). The van der Waals surface area contributed by atoms with E-state index in [-0.39, 0.29) is 17.4 Å². The second kappa shape index (κ2) is 8.60. The lowest BCUT2D eigenvalue weighted by atomic mass is 10.1. The molecule has 0 fully saturated rings. The van der Waals surface area contributed by atoms with Crippen LogP contribution in [0.4, 0.5) is 0 Å². The number of hydrogen-bond donors (Lipinski definition) is 2. The summed E-state index contributed by atoms with van der Waals surface area (Å²) in [5, 5.41) is 14.3. The third-order valence-electron chi connectivity index (χ3n) is 3.20. The van der Waals surface area contributed by atoms with E-state index in [4.69, 9.17) is 32.7 Å². The van der Waals surface area contributed by atoms with Crippen LogP contribution in [-0.4, -0.2) is 30.4 Å². The van der Waals surface area contributed by atoms with Gasteiger partial charge in [0.05, 0.1) is 17.8 Å². The minimum absolute atomic E-state index is 0.103. The quantitative estimate of drug-likeness (QED) is 0.590. The monoisotopic (exact) mass is 382 g/mol. The van der Waals surface area contributed by atoms with Crippen LogP contribution in [0.3, 0.4) is 0 Å². The average molecular weight is 383 g/mol. The van der Waals surface area contributed by atoms with Gasteiger partial charge >= 0.3 is 0 Å². The van der Waals surface area contributed by atoms with Gasteiger partial charge in [0.1, 0.15) is 17.2 Å². The molecule has 0 radical (unpaired) electrons. The normalized spacial score (nSPS) is 11.1. The second-order valence-electron chi connectivity index (χ2n) is 4.98. The first-order valence-corrected chi connectivity index (χ1v) is 7.94. The minimum Gasteiger partial charge on any atom is -0.506 e. The van der Waals surface area contributed by atoms with Crippen molar-refractivity contribution in [2.24, 2.45) is 5.10 Å². The molecule has 2 N–H and O–H groups in total. The number of amides is 1. The molecule has 8 heteroatoms. The van der Waals surface area contributed by atoms with Gasteiger partial charge in [-0.05, 0) is 43.3 Å². The highest BCUT2D eigenvalue weighted by molar-refractivity contribution is 6.36. The molecule has 1 amide bonds. The van der Waals surface area contributed by atoms with Gasteiger partial charge in [-0.3, -0.25) is 4.79 Å². The number of hydrazone groups is 1. The number of aromatic hydroxyl groups is 1. The molecular formula is C17H16Cl2N2O4. The zero-order chi connectivity index (χ0) is 18.4. The Morgan fingerprint density at radius 2 is 1.84 bits per heavy atom. The van der Waals surface area contributed by atoms with E-state index in [1.165, 1.54) is 12.1 Å². The van der Waals surface area contributed by atoms with Crippen molar-refractivity contribution in [1.82, 2.24) is 5.43 Å². The van der Waals surface area contributed by atoms with E-state index >= 15 is 0 Å². The maximum absolute atomic E-state index is 11.8. The van der Waals surface area contributed by atoms with E-state index in [0.29, 0.717) is 27.8 Å². The number of halogens is 2. The number of carbonyl (C=O) groups excluding carboxylic acids is 1. The summed E-state index contributed by atoms with van der Waals surface area (Å²) in [6.45, 7) is 1.39. The highest BCUT2D eigenvalue weighted by Gasteiger charge is 2.11. The molecule has 6 nitrogen and oxygen atoms in total. The van der Waals surface area contributed by atoms with Crippen LogP contribution in [0, 0.1) is 0 Å². The number of methoxy groups -OCH3 is 1. The summed E-state index contributed by atoms with van der Waals surface area (Å²) in [5.41, 5.74) is 3.02. The molecule has 0 aliphatic heterocycles. The van der Waals surface area contributed by atoms with Crippen LogP contribution >= 0.6 is 23.2 Å². The zero-order valence-electron chi connectivity index (χ0n) is 13.5. The number of ether oxygens (including phenoxy) is 2. The maximum Gasteiger partial charge on any atom is 0.277 e. The van der Waals surface area contributed by atoms with Crippen LogP contribution in [-0.2, 0) is 4.79 Å². The number of nitrogens with zero attached hydrogens (tertiary/aromatic N) is 1. The fourth-order valence-electron chi connectivity index (χ4n) is 1.90. The molecule has 2 aromatic carbocycles. The molecule has 0 bridgehead atoms. The largest absolute Gasteiger partial charge is 0.506 e. The van der Waals surface area contributed by atoms with Gasteiger partial charge in [-0.1, -0.05) is 23.2 Å². The van der Waals surface area contributed by atoms with Crippen molar-refractivity contribution in [1.29, 1.82) is 0 Å². The third-order valence-corrected chi connectivity index (χ3v) is 3.70. The Kier molecular flexibility index (Phi) is 6.50. The van der Waals surface area contributed by atoms with Crippen molar-refractivity contribution >= 4 is 34.8 Å². The molecule has 0 heterocycles. The average Bonchev–Trinajstić information content (AvgIpc) is 2.61. The third kappa shape index (κ3) is 5.27. The number of rotatable bonds is 6. The van der Waals surface area contributed by atoms with Gasteiger partial charge in [-0.25, -0.2) is 5.43 Å². The molecule has 0 unspecified atom stereocenters. The Bertz CT molecular complexity index is 792. The second-order valence-corrected chi connectivity index (χ2v) is 5.82. The lowest BCUT2D eigenvalue weighted by Crippen LogP contribution is -2.25. The number of phenolic OH excluding ortho intramolecular Hbond substituents is 1. The van der Waals surface area contributed by atoms with Crippen LogP contribution in [0.1, 0.15) is 12.5 Å². The predicted octanol–water partition coefficient (Wildman–Crippen LogP) is 3.63. The van der Waals surface area contributed by atoms with E-state index in [2.05, 4.69) is 10.5 Å². The van der Waals surface area contributed by atoms with E-state index in [9.17, 15) is 9.90 Å². The zero-order valence-corrected chi connectivity index (χ0v) is 15.1. The Balaban J connectivity index is 1.95. The Morgan fingerprint density at radius 1 is 1.20 bits per heavy atom. The van der Waals surface area contributed by atoms with Crippen LogP contribution in [0.5, 0.6) is 17.2 Å². The minimum atomic E-state index is -0.456. The van der Waals surface area contributed by atoms with Crippen molar-refractivity contribution in [3.63, 3.8) is 0 Å². The first-order chi connectivity index (χ1) is 11.9. The topological polar surface area (TPSA) is 80.2 Å². The Morgan fingerprint density at radius 3 is 2.48 bits per heavy atom. The van der Waals surface area contributed by atoms with Gasteiger partial charge in [-0.2, -0.15) is 5.10 Å². The molecule has 0 aromatic heterocycles. The lowest BCUT2D eigenvalue weighted by Gasteiger charge is -2.08. The van der Waals surface area contributed by atoms with Crippen molar-refractivity contribution in [3.8, 4) is 17.2 Å². The standard InChI is InChI=1S/C17H16Cl2N2O4/c1-10(14-7-11(18)8-15(19)17(14)23)20-21-16(22)9-25-13-5-3-12(24-2)4-6-13/h3-8,23H,9H2,1-2H3,(H,21,22). The highest BCUT2D eigenvalue weighted by Crippen LogP contribution is 2.31. The number of benzene rings is 2. The maximum atomic E-state index is 11.8. The molecule has 0 spiro atoms. The number of hydrogen-bond acceptors (Lipinski definition) is 5. The van der Waals surface area contributed by atoms with Gasteiger partial charge in [0, 0.05) is 10.6 Å². The van der Waals surface area contributed by atoms with Gasteiger partial charge < -0.3 is 14.6 Å². The molecule has 0 aliphatic rings. The van der Waals surface area contributed by atoms with Gasteiger partial charge in [0.15, 0.2) is 6.61 Å². The highest BCUT2D eigenvalue weighted by atomic mass is 35.5. The SMILES string of the molecule is COc1ccc(OCC(=O)NN=C(C)c2cc(Cl)cc(Cl)c2O)cc1. The van der Waals surface area contributed by atoms with E-state index in [1.54, 1.807) is 38.3 Å². The van der Waals surface area contributed by atoms with Gasteiger partial charge in [0.25, 0.3) is 5.91 Å². The molecular weight excluding hydrogens is 367 g/mol. The van der Waals surface area contributed by atoms with Gasteiger partial charge in [0.2, 0.25) is 0 Å². The van der Waals surface area contributed by atoms with E-state index < -0.39 is 5.91 Å². The summed E-state index contributed by atoms with van der Waals surface area (Å²) < 4.78 is 10.4. The van der Waals surface area contributed by atoms with Crippen molar-refractivity contribution in [2.45, 2.75) is 6.92 Å². The summed E-state index contributed by atoms with van der Waals surface area (Å²) in [7, 11) is 1.56. The fourth-order valence-corrected chi connectivity index (χ4v) is 2.39. The Hall–Kier alpha value is -2.44. The molecule has 132 valence electrons. The Labute approximate surface area is 155 Å². The smallest absolute Gasteiger partial charge is 0.277 e. The van der Waals surface area contributed by atoms with Crippen LogP contribution in [0.25, 0.3) is 0 Å². The van der Waals surface area contributed by atoms with E-state index in [0.717, 1.165) is 0 Å². The van der Waals surface area contributed by atoms with Crippen LogP contribution in [0.15, 0.2) is 41.5 Å². The lowest BCUT2D eigenvalue weighted by molar-refractivity contribution is -0.123. The van der Waals surface area contributed by atoms with Crippen LogP contribution in [0.2, 0.25) is 10.0 Å². The van der Waals surface area contributed by atoms with Crippen molar-refractivity contribution in [3.05, 3.63) is 52.0 Å². The summed E-state index contributed by atoms with van der Waals surface area (Å²) in [5.74, 6) is 0.603. The number of phenols is 1. The number of nitrogens with one attached hydrogen (secondary N) is 1. The predicted molar refractivity (Wildman–Crippen MR) is 97.0 cm³/mol. The van der Waals surface area contributed by atoms with Crippen LogP contribution < -0.4 is 14.9 Å². The molecule has 0 aliphatic carbocycles. The molecule has 0 atom stereocenters. The summed E-state index contributed by atoms with van der Waals surface area (Å²) in [6.07, 6.45) is 0. The van der Waals surface area contributed by atoms with Crippen molar-refractivity contribution < 1.29 is 19.4 Å². The molecule has 0 saturated carbocycles. The summed E-state index contributed by atoms with van der Waals surface area (Å²) >= 11 is 11.8. The van der Waals surface area contributed by atoms with E-state index in [1.807, 2.05) is 0 Å². The van der Waals surface area contributed by atoms with Crippen molar-refractivity contribution in [2.75, 3.05) is 13.7 Å². The first-order valence-electron chi connectivity index (χ1n) is 7.19. The van der Waals surface area contributed by atoms with Gasteiger partial charge in [-0.15, -0.1) is 0 Å². The summed E-state index contributed by atoms with van der Waals surface area (Å²) in [6, 6.07) is 9.74. The molecule has 2 aromatic rings. The molecule has 0 saturated heterocycles. The number of carbonyl (C=O) groups is 1.